The van der Waals surface area contributed by atoms with E-state index in [0.717, 1.165) is 11.3 Å². The summed E-state index contributed by atoms with van der Waals surface area (Å²) in [5.41, 5.74) is 1.73. The second kappa shape index (κ2) is 2.39. The van der Waals surface area contributed by atoms with Crippen LogP contribution in [0.2, 0.25) is 0 Å². The van der Waals surface area contributed by atoms with Crippen molar-refractivity contribution in [2.75, 3.05) is 0 Å². The summed E-state index contributed by atoms with van der Waals surface area (Å²) >= 11 is 1.61. The third-order valence-corrected chi connectivity index (χ3v) is 2.11. The zero-order chi connectivity index (χ0) is 7.68. The molecule has 0 saturated heterocycles. The van der Waals surface area contributed by atoms with Gasteiger partial charge in [0.05, 0.1) is 5.69 Å². The predicted molar refractivity (Wildman–Crippen MR) is 44.7 cm³/mol. The molecule has 2 heterocycles. The Balaban J connectivity index is 2.53. The fourth-order valence-corrected chi connectivity index (χ4v) is 1.56. The van der Waals surface area contributed by atoms with Gasteiger partial charge in [-0.15, -0.1) is 0 Å². The molecule has 11 heavy (non-hydrogen) atoms. The quantitative estimate of drug-likeness (QED) is 0.661. The maximum absolute atomic E-state index is 10.7. The molecule has 0 bridgehead atoms. The zero-order valence-electron chi connectivity index (χ0n) is 5.63. The van der Waals surface area contributed by atoms with Gasteiger partial charge >= 0.3 is 5.69 Å². The zero-order valence-corrected chi connectivity index (χ0v) is 6.44. The van der Waals surface area contributed by atoms with E-state index in [-0.39, 0.29) is 5.69 Å². The largest absolute Gasteiger partial charge is 0.323 e. The van der Waals surface area contributed by atoms with Crippen LogP contribution in [0.4, 0.5) is 0 Å². The maximum Gasteiger partial charge on any atom is 0.323 e. The number of H-pyrrole nitrogens is 2. The number of hydrogen-bond donors (Lipinski definition) is 2. The van der Waals surface area contributed by atoms with Gasteiger partial charge in [0.25, 0.3) is 0 Å². The van der Waals surface area contributed by atoms with E-state index < -0.39 is 0 Å². The topological polar surface area (TPSA) is 48.6 Å². The molecule has 0 aliphatic carbocycles. The van der Waals surface area contributed by atoms with Crippen molar-refractivity contribution in [3.8, 4) is 11.3 Å². The summed E-state index contributed by atoms with van der Waals surface area (Å²) in [5, 5.41) is 3.96. The first kappa shape index (κ1) is 6.42. The minimum Gasteiger partial charge on any atom is -0.312 e. The number of rotatable bonds is 1. The second-order valence-electron chi connectivity index (χ2n) is 2.17. The fourth-order valence-electron chi connectivity index (χ4n) is 0.905. The van der Waals surface area contributed by atoms with E-state index in [4.69, 9.17) is 0 Å². The normalized spacial score (nSPS) is 10.2. The molecule has 0 aliphatic rings. The summed E-state index contributed by atoms with van der Waals surface area (Å²) in [6.07, 6.45) is 1.67. The van der Waals surface area contributed by atoms with E-state index in [9.17, 15) is 4.79 Å². The molecule has 3 nitrogen and oxygen atoms in total. The smallest absolute Gasteiger partial charge is 0.312 e. The Kier molecular flexibility index (Phi) is 1.40. The monoisotopic (exact) mass is 166 g/mol. The molecule has 0 aliphatic heterocycles. The van der Waals surface area contributed by atoms with E-state index in [0.29, 0.717) is 0 Å². The Hall–Kier alpha value is -1.29. The van der Waals surface area contributed by atoms with Gasteiger partial charge in [-0.3, -0.25) is 0 Å². The molecule has 0 atom stereocenters. The molecule has 0 fully saturated rings. The first-order valence-corrected chi connectivity index (χ1v) is 4.11. The highest BCUT2D eigenvalue weighted by Gasteiger charge is 1.98. The lowest BCUT2D eigenvalue weighted by Crippen LogP contribution is -1.99. The molecule has 2 rings (SSSR count). The Morgan fingerprint density at radius 3 is 2.91 bits per heavy atom. The highest BCUT2D eigenvalue weighted by molar-refractivity contribution is 7.08. The number of thiophene rings is 1. The molecule has 0 saturated carbocycles. The molecule has 2 aromatic rings. The predicted octanol–water partition coefficient (Wildman–Crippen LogP) is 1.43. The Morgan fingerprint density at radius 1 is 1.45 bits per heavy atom. The molecule has 2 aromatic heterocycles. The van der Waals surface area contributed by atoms with E-state index >= 15 is 0 Å². The molecule has 0 aromatic carbocycles. The molecular weight excluding hydrogens is 160 g/mol. The van der Waals surface area contributed by atoms with Crippen molar-refractivity contribution >= 4 is 11.3 Å². The van der Waals surface area contributed by atoms with Crippen LogP contribution in [0.3, 0.4) is 0 Å². The van der Waals surface area contributed by atoms with Crippen LogP contribution in [0.25, 0.3) is 11.3 Å². The highest BCUT2D eigenvalue weighted by atomic mass is 32.1. The Bertz CT molecular complexity index is 384. The Morgan fingerprint density at radius 2 is 2.36 bits per heavy atom. The van der Waals surface area contributed by atoms with Gasteiger partial charge in [0, 0.05) is 17.1 Å². The summed E-state index contributed by atoms with van der Waals surface area (Å²) in [6, 6.07) is 1.96. The van der Waals surface area contributed by atoms with Gasteiger partial charge in [0.2, 0.25) is 0 Å². The van der Waals surface area contributed by atoms with Crippen molar-refractivity contribution in [1.82, 2.24) is 9.97 Å². The SMILES string of the molecule is O=c1[nH]cc(-c2ccsc2)[nH]1. The average Bonchev–Trinajstić information content (AvgIpc) is 2.55. The lowest BCUT2D eigenvalue weighted by molar-refractivity contribution is 1.19. The van der Waals surface area contributed by atoms with Crippen LogP contribution < -0.4 is 5.69 Å². The summed E-state index contributed by atoms with van der Waals surface area (Å²) in [4.78, 5) is 15.9. The number of hydrogen-bond acceptors (Lipinski definition) is 2. The lowest BCUT2D eigenvalue weighted by Gasteiger charge is -1.85. The third kappa shape index (κ3) is 1.12. The standard InChI is InChI=1S/C7H6N2OS/c10-7-8-3-6(9-7)5-1-2-11-4-5/h1-4H,(H2,8,9,10). The molecule has 0 radical (unpaired) electrons. The average molecular weight is 166 g/mol. The van der Waals surface area contributed by atoms with E-state index in [1.54, 1.807) is 17.5 Å². The first-order valence-electron chi connectivity index (χ1n) is 3.16. The van der Waals surface area contributed by atoms with E-state index in [2.05, 4.69) is 9.97 Å². The molecular formula is C7H6N2OS. The maximum atomic E-state index is 10.7. The van der Waals surface area contributed by atoms with E-state index in [1.807, 2.05) is 16.8 Å². The fraction of sp³-hybridized carbons (Fsp3) is 0. The lowest BCUT2D eigenvalue weighted by atomic mass is 10.3. The van der Waals surface area contributed by atoms with Crippen molar-refractivity contribution in [1.29, 1.82) is 0 Å². The molecule has 4 heteroatoms. The van der Waals surface area contributed by atoms with Gasteiger partial charge in [-0.25, -0.2) is 4.79 Å². The number of aromatic nitrogens is 2. The summed E-state index contributed by atoms with van der Waals surface area (Å²) in [6.45, 7) is 0. The summed E-state index contributed by atoms with van der Waals surface area (Å²) in [5.74, 6) is 0. The van der Waals surface area contributed by atoms with Gasteiger partial charge in [-0.2, -0.15) is 11.3 Å². The molecule has 0 unspecified atom stereocenters. The molecule has 2 N–H and O–H groups in total. The van der Waals surface area contributed by atoms with Crippen molar-refractivity contribution < 1.29 is 0 Å². The highest BCUT2D eigenvalue weighted by Crippen LogP contribution is 2.17. The van der Waals surface area contributed by atoms with Crippen LogP contribution >= 0.6 is 11.3 Å². The van der Waals surface area contributed by atoms with Crippen LogP contribution in [-0.4, -0.2) is 9.97 Å². The van der Waals surface area contributed by atoms with E-state index in [1.165, 1.54) is 0 Å². The summed E-state index contributed by atoms with van der Waals surface area (Å²) in [7, 11) is 0. The van der Waals surface area contributed by atoms with Gasteiger partial charge in [0.1, 0.15) is 0 Å². The van der Waals surface area contributed by atoms with Crippen molar-refractivity contribution in [3.05, 3.63) is 33.5 Å². The summed E-state index contributed by atoms with van der Waals surface area (Å²) < 4.78 is 0. The van der Waals surface area contributed by atoms with Crippen molar-refractivity contribution in [2.24, 2.45) is 0 Å². The van der Waals surface area contributed by atoms with Crippen LogP contribution in [0.5, 0.6) is 0 Å². The van der Waals surface area contributed by atoms with Crippen LogP contribution in [0.1, 0.15) is 0 Å². The van der Waals surface area contributed by atoms with Crippen LogP contribution in [0, 0.1) is 0 Å². The Labute approximate surface area is 66.7 Å². The molecule has 0 amide bonds. The van der Waals surface area contributed by atoms with Crippen molar-refractivity contribution in [2.45, 2.75) is 0 Å². The molecule has 56 valence electrons. The first-order chi connectivity index (χ1) is 5.36. The van der Waals surface area contributed by atoms with Crippen LogP contribution in [0.15, 0.2) is 27.8 Å². The van der Waals surface area contributed by atoms with Crippen LogP contribution in [-0.2, 0) is 0 Å². The van der Waals surface area contributed by atoms with Gasteiger partial charge < -0.3 is 9.97 Å². The number of nitrogens with one attached hydrogen (secondary N) is 2. The van der Waals surface area contributed by atoms with Crippen molar-refractivity contribution in [3.63, 3.8) is 0 Å². The minimum atomic E-state index is -0.161. The van der Waals surface area contributed by atoms with Gasteiger partial charge in [0.15, 0.2) is 0 Å². The molecule has 0 spiro atoms. The number of imidazole rings is 1. The third-order valence-electron chi connectivity index (χ3n) is 1.43. The van der Waals surface area contributed by atoms with Gasteiger partial charge in [-0.1, -0.05) is 0 Å². The second-order valence-corrected chi connectivity index (χ2v) is 2.95. The minimum absolute atomic E-state index is 0.161. The van der Waals surface area contributed by atoms with Gasteiger partial charge in [-0.05, 0) is 11.4 Å². The number of aromatic amines is 2.